The lowest BCUT2D eigenvalue weighted by molar-refractivity contribution is 0.0378. The summed E-state index contributed by atoms with van der Waals surface area (Å²) >= 11 is 0. The molecule has 0 radical (unpaired) electrons. The predicted octanol–water partition coefficient (Wildman–Crippen LogP) is 4.02. The molecule has 9 heteroatoms. The highest BCUT2D eigenvalue weighted by Gasteiger charge is 2.28. The third-order valence-electron chi connectivity index (χ3n) is 5.63. The van der Waals surface area contributed by atoms with Crippen molar-refractivity contribution in [2.24, 2.45) is 0 Å². The number of oxazole rings is 1. The monoisotopic (exact) mass is 485 g/mol. The molecule has 1 aliphatic heterocycles. The number of rotatable bonds is 10. The quantitative estimate of drug-likeness (QED) is 0.431. The number of aromatic nitrogens is 1. The van der Waals surface area contributed by atoms with Crippen molar-refractivity contribution in [2.75, 3.05) is 51.3 Å². The number of benzene rings is 2. The maximum atomic E-state index is 13.4. The second-order valence-electron chi connectivity index (χ2n) is 8.16. The number of anilines is 1. The molecule has 1 aliphatic rings. The zero-order valence-electron chi connectivity index (χ0n) is 19.6. The summed E-state index contributed by atoms with van der Waals surface area (Å²) in [4.78, 5) is 6.93. The van der Waals surface area contributed by atoms with Gasteiger partial charge in [0.1, 0.15) is 5.75 Å². The normalized spacial score (nSPS) is 14.8. The molecule has 0 spiro atoms. The Morgan fingerprint density at radius 3 is 2.44 bits per heavy atom. The molecule has 1 saturated heterocycles. The molecular weight excluding hydrogens is 454 g/mol. The van der Waals surface area contributed by atoms with E-state index in [2.05, 4.69) is 15.2 Å². The number of morpholine rings is 1. The maximum absolute atomic E-state index is 13.4. The molecule has 2 aromatic carbocycles. The van der Waals surface area contributed by atoms with Gasteiger partial charge in [-0.3, -0.25) is 4.90 Å². The van der Waals surface area contributed by atoms with Crippen LogP contribution >= 0.6 is 0 Å². The molecule has 182 valence electrons. The van der Waals surface area contributed by atoms with Crippen LogP contribution in [0.15, 0.2) is 62.9 Å². The minimum absolute atomic E-state index is 0.105. The Kier molecular flexibility index (Phi) is 7.87. The Morgan fingerprint density at radius 2 is 1.76 bits per heavy atom. The van der Waals surface area contributed by atoms with Crippen LogP contribution in [-0.2, 0) is 14.6 Å². The zero-order valence-corrected chi connectivity index (χ0v) is 20.4. The smallest absolute Gasteiger partial charge is 0.233 e. The minimum Gasteiger partial charge on any atom is -0.494 e. The first-order valence-electron chi connectivity index (χ1n) is 11.6. The number of hydrogen-bond acceptors (Lipinski definition) is 8. The topological polar surface area (TPSA) is 93.9 Å². The van der Waals surface area contributed by atoms with E-state index in [4.69, 9.17) is 13.9 Å². The molecule has 34 heavy (non-hydrogen) atoms. The number of ether oxygens (including phenoxy) is 2. The molecule has 0 unspecified atom stereocenters. The Bertz CT molecular complexity index is 1170. The van der Waals surface area contributed by atoms with Gasteiger partial charge in [-0.1, -0.05) is 17.7 Å². The third-order valence-corrected chi connectivity index (χ3v) is 7.31. The van der Waals surface area contributed by atoms with Crippen LogP contribution in [0.25, 0.3) is 11.5 Å². The number of nitrogens with zero attached hydrogens (tertiary/aromatic N) is 2. The first kappa shape index (κ1) is 24.3. The van der Waals surface area contributed by atoms with Crippen LogP contribution in [-0.4, -0.2) is 64.3 Å². The van der Waals surface area contributed by atoms with Gasteiger partial charge in [0.25, 0.3) is 0 Å². The van der Waals surface area contributed by atoms with Crippen molar-refractivity contribution in [3.8, 4) is 17.2 Å². The molecule has 0 atom stereocenters. The molecule has 0 saturated carbocycles. The number of hydrogen-bond donors (Lipinski definition) is 1. The van der Waals surface area contributed by atoms with Gasteiger partial charge in [-0.15, -0.1) is 0 Å². The van der Waals surface area contributed by atoms with Gasteiger partial charge in [0.15, 0.2) is 0 Å². The van der Waals surface area contributed by atoms with E-state index < -0.39 is 9.84 Å². The molecule has 1 aromatic heterocycles. The van der Waals surface area contributed by atoms with Crippen molar-refractivity contribution >= 4 is 15.7 Å². The molecule has 0 aliphatic carbocycles. The summed E-state index contributed by atoms with van der Waals surface area (Å²) in [5.74, 6) is 1.13. The van der Waals surface area contributed by atoms with Crippen LogP contribution in [0.3, 0.4) is 0 Å². The Balaban J connectivity index is 1.57. The molecule has 1 N–H and O–H groups in total. The number of aryl methyl sites for hydroxylation is 1. The lowest BCUT2D eigenvalue weighted by Crippen LogP contribution is -2.37. The molecule has 8 nitrogen and oxygen atoms in total. The van der Waals surface area contributed by atoms with Gasteiger partial charge >= 0.3 is 0 Å². The van der Waals surface area contributed by atoms with E-state index >= 15 is 0 Å². The number of sulfone groups is 1. The van der Waals surface area contributed by atoms with Crippen molar-refractivity contribution < 1.29 is 22.3 Å². The summed E-state index contributed by atoms with van der Waals surface area (Å²) in [5, 5.41) is 3.07. The fraction of sp³-hybridized carbons (Fsp3) is 0.400. The predicted molar refractivity (Wildman–Crippen MR) is 130 cm³/mol. The van der Waals surface area contributed by atoms with E-state index in [0.29, 0.717) is 18.7 Å². The van der Waals surface area contributed by atoms with Gasteiger partial charge in [0.2, 0.25) is 26.6 Å². The highest BCUT2D eigenvalue weighted by Crippen LogP contribution is 2.33. The van der Waals surface area contributed by atoms with Crippen molar-refractivity contribution in [2.45, 2.75) is 30.2 Å². The first-order valence-corrected chi connectivity index (χ1v) is 13.1. The van der Waals surface area contributed by atoms with Gasteiger partial charge in [-0.2, -0.15) is 4.98 Å². The first-order chi connectivity index (χ1) is 16.5. The summed E-state index contributed by atoms with van der Waals surface area (Å²) in [5.41, 5.74) is 1.65. The second kappa shape index (κ2) is 11.0. The Hall–Kier alpha value is -2.88. The standard InChI is InChI=1S/C25H31N3O5S/c1-3-32-21-9-7-20(8-10-21)23-27-25(34(29,30)22-11-5-19(2)6-12-22)24(33-23)26-13-4-14-28-15-17-31-18-16-28/h5-12,26H,3-4,13-18H2,1-2H3. The minimum atomic E-state index is -3.87. The zero-order chi connectivity index (χ0) is 24.0. The fourth-order valence-electron chi connectivity index (χ4n) is 3.74. The summed E-state index contributed by atoms with van der Waals surface area (Å²) < 4.78 is 43.7. The Labute approximate surface area is 200 Å². The molecule has 4 rings (SSSR count). The average Bonchev–Trinajstić information content (AvgIpc) is 3.29. The molecule has 2 heterocycles. The van der Waals surface area contributed by atoms with Gasteiger partial charge < -0.3 is 19.2 Å². The highest BCUT2D eigenvalue weighted by atomic mass is 32.2. The SMILES string of the molecule is CCOc1ccc(-c2nc(S(=O)(=O)c3ccc(C)cc3)c(NCCCN3CCOCC3)o2)cc1. The van der Waals surface area contributed by atoms with Gasteiger partial charge in [-0.05, 0) is 63.2 Å². The lowest BCUT2D eigenvalue weighted by atomic mass is 10.2. The molecule has 1 fully saturated rings. The van der Waals surface area contributed by atoms with E-state index in [9.17, 15) is 8.42 Å². The Morgan fingerprint density at radius 1 is 1.06 bits per heavy atom. The summed E-state index contributed by atoms with van der Waals surface area (Å²) in [6.45, 7) is 9.19. The summed E-state index contributed by atoms with van der Waals surface area (Å²) in [7, 11) is -3.87. The van der Waals surface area contributed by atoms with Gasteiger partial charge in [-0.25, -0.2) is 8.42 Å². The van der Waals surface area contributed by atoms with Gasteiger partial charge in [0.05, 0.1) is 24.7 Å². The lowest BCUT2D eigenvalue weighted by Gasteiger charge is -2.26. The maximum Gasteiger partial charge on any atom is 0.233 e. The molecule has 0 bridgehead atoms. The largest absolute Gasteiger partial charge is 0.494 e. The number of nitrogens with one attached hydrogen (secondary N) is 1. The average molecular weight is 486 g/mol. The van der Waals surface area contributed by atoms with Crippen LogP contribution in [0.4, 0.5) is 5.88 Å². The molecule has 3 aromatic rings. The van der Waals surface area contributed by atoms with Crippen LogP contribution < -0.4 is 10.1 Å². The van der Waals surface area contributed by atoms with Crippen LogP contribution in [0.5, 0.6) is 5.75 Å². The van der Waals surface area contributed by atoms with Crippen molar-refractivity contribution in [1.29, 1.82) is 0 Å². The highest BCUT2D eigenvalue weighted by molar-refractivity contribution is 7.91. The van der Waals surface area contributed by atoms with Crippen LogP contribution in [0, 0.1) is 6.92 Å². The molecule has 0 amide bonds. The molecular formula is C25H31N3O5S. The summed E-state index contributed by atoms with van der Waals surface area (Å²) in [6, 6.07) is 14.0. The fourth-order valence-corrected chi connectivity index (χ4v) is 5.02. The third kappa shape index (κ3) is 5.78. The van der Waals surface area contributed by atoms with Crippen molar-refractivity contribution in [3.05, 3.63) is 54.1 Å². The van der Waals surface area contributed by atoms with Crippen molar-refractivity contribution in [1.82, 2.24) is 9.88 Å². The van der Waals surface area contributed by atoms with Crippen LogP contribution in [0.2, 0.25) is 0 Å². The second-order valence-corrected chi connectivity index (χ2v) is 10.0. The van der Waals surface area contributed by atoms with Crippen molar-refractivity contribution in [3.63, 3.8) is 0 Å². The van der Waals surface area contributed by atoms with Crippen LogP contribution in [0.1, 0.15) is 18.9 Å². The van der Waals surface area contributed by atoms with E-state index in [0.717, 1.165) is 50.6 Å². The van der Waals surface area contributed by atoms with E-state index in [-0.39, 0.29) is 21.7 Å². The van der Waals surface area contributed by atoms with Gasteiger partial charge in [0, 0.05) is 25.2 Å². The van der Waals surface area contributed by atoms with E-state index in [1.807, 2.05) is 26.0 Å². The van der Waals surface area contributed by atoms with E-state index in [1.54, 1.807) is 36.4 Å². The summed E-state index contributed by atoms with van der Waals surface area (Å²) in [6.07, 6.45) is 0.836. The van der Waals surface area contributed by atoms with E-state index in [1.165, 1.54) is 0 Å².